The summed E-state index contributed by atoms with van der Waals surface area (Å²) in [6.45, 7) is 1.72. The topological polar surface area (TPSA) is 113 Å². The summed E-state index contributed by atoms with van der Waals surface area (Å²) >= 11 is 0. The molecule has 0 heterocycles. The Morgan fingerprint density at radius 1 is 0.962 bits per heavy atom. The molecule has 0 aliphatic rings. The molecule has 0 fully saturated rings. The molecule has 0 aromatic heterocycles. The number of hydroxylamine groups is 1. The predicted octanol–water partition coefficient (Wildman–Crippen LogP) is 2.61. The summed E-state index contributed by atoms with van der Waals surface area (Å²) in [4.78, 5) is 11.9. The lowest BCUT2D eigenvalue weighted by molar-refractivity contribution is 0.0770. The summed E-state index contributed by atoms with van der Waals surface area (Å²) in [5, 5.41) is 19.9. The Kier molecular flexibility index (Phi) is 4.54. The molecule has 0 bridgehead atoms. The van der Waals surface area contributed by atoms with E-state index in [0.29, 0.717) is 21.9 Å². The Labute approximate surface area is 149 Å². The van der Waals surface area contributed by atoms with E-state index >= 15 is 0 Å². The molecule has 0 aliphatic carbocycles. The number of amides is 1. The van der Waals surface area contributed by atoms with E-state index in [0.717, 1.165) is 0 Å². The summed E-state index contributed by atoms with van der Waals surface area (Å²) in [5.41, 5.74) is 2.90. The van der Waals surface area contributed by atoms with Gasteiger partial charge >= 0.3 is 10.1 Å². The van der Waals surface area contributed by atoms with Crippen LogP contribution < -0.4 is 5.48 Å². The van der Waals surface area contributed by atoms with E-state index in [4.69, 9.17) is 0 Å². The van der Waals surface area contributed by atoms with Gasteiger partial charge in [-0.2, -0.15) is 8.42 Å². The van der Waals surface area contributed by atoms with Crippen LogP contribution in [0.15, 0.2) is 59.5 Å². The van der Waals surface area contributed by atoms with E-state index in [-0.39, 0.29) is 16.4 Å². The molecule has 1 amide bonds. The maximum absolute atomic E-state index is 12.3. The highest BCUT2D eigenvalue weighted by atomic mass is 32.2. The lowest BCUT2D eigenvalue weighted by Gasteiger charge is -2.09. The number of carbonyl (C=O) groups excluding carboxylic acids is 1. The first kappa shape index (κ1) is 17.7. The second-order valence-electron chi connectivity index (χ2n) is 5.63. The fourth-order valence-electron chi connectivity index (χ4n) is 2.43. The van der Waals surface area contributed by atoms with Gasteiger partial charge in [0.05, 0.1) is 4.90 Å². The van der Waals surface area contributed by atoms with E-state index in [1.165, 1.54) is 30.3 Å². The quantitative estimate of drug-likeness (QED) is 0.479. The van der Waals surface area contributed by atoms with E-state index in [1.807, 2.05) is 5.48 Å². The highest BCUT2D eigenvalue weighted by Gasteiger charge is 2.19. The number of fused-ring (bicyclic) bond motifs is 1. The van der Waals surface area contributed by atoms with Crippen molar-refractivity contribution in [1.29, 1.82) is 0 Å². The molecule has 3 rings (SSSR count). The van der Waals surface area contributed by atoms with Gasteiger partial charge in [0.25, 0.3) is 5.91 Å². The molecule has 0 saturated carbocycles. The van der Waals surface area contributed by atoms with Crippen molar-refractivity contribution in [3.8, 4) is 11.5 Å². The van der Waals surface area contributed by atoms with Crippen molar-refractivity contribution >= 4 is 26.8 Å². The average Bonchev–Trinajstić information content (AvgIpc) is 2.61. The van der Waals surface area contributed by atoms with E-state index in [2.05, 4.69) is 4.28 Å². The fourth-order valence-corrected chi connectivity index (χ4v) is 3.22. The summed E-state index contributed by atoms with van der Waals surface area (Å²) in [6.07, 6.45) is 0. The lowest BCUT2D eigenvalue weighted by atomic mass is 10.1. The van der Waals surface area contributed by atoms with Gasteiger partial charge in [0.2, 0.25) is 0 Å². The van der Waals surface area contributed by atoms with Crippen LogP contribution in [0.4, 0.5) is 0 Å². The molecule has 0 spiro atoms. The van der Waals surface area contributed by atoms with Crippen LogP contribution in [0.1, 0.15) is 15.9 Å². The van der Waals surface area contributed by atoms with Crippen LogP contribution in [0.2, 0.25) is 0 Å². The zero-order chi connectivity index (χ0) is 18.9. The van der Waals surface area contributed by atoms with Gasteiger partial charge in [0.1, 0.15) is 0 Å². The van der Waals surface area contributed by atoms with Crippen molar-refractivity contribution in [3.05, 3.63) is 65.7 Å². The van der Waals surface area contributed by atoms with Gasteiger partial charge in [-0.05, 0) is 53.6 Å². The number of hydrogen-bond acceptors (Lipinski definition) is 6. The molecule has 26 heavy (non-hydrogen) atoms. The average molecular weight is 373 g/mol. The number of phenolic OH excluding ortho intramolecular Hbond substituents is 2. The van der Waals surface area contributed by atoms with Crippen LogP contribution in [-0.4, -0.2) is 24.5 Å². The molecular weight excluding hydrogens is 358 g/mol. The Balaban J connectivity index is 1.84. The number of benzene rings is 3. The third-order valence-electron chi connectivity index (χ3n) is 3.83. The van der Waals surface area contributed by atoms with Gasteiger partial charge < -0.3 is 10.2 Å². The third kappa shape index (κ3) is 3.46. The Hall–Kier alpha value is -3.10. The number of nitrogens with one attached hydrogen (secondary N) is 1. The maximum Gasteiger partial charge on any atom is 0.317 e. The number of aryl methyl sites for hydroxylation is 1. The van der Waals surface area contributed by atoms with Crippen LogP contribution >= 0.6 is 0 Å². The molecular formula is C18H15NO6S. The number of hydrogen-bond donors (Lipinski definition) is 3. The first-order chi connectivity index (χ1) is 12.3. The van der Waals surface area contributed by atoms with Crippen molar-refractivity contribution in [1.82, 2.24) is 5.48 Å². The molecule has 134 valence electrons. The molecule has 3 N–H and O–H groups in total. The fraction of sp³-hybridized carbons (Fsp3) is 0.0556. The zero-order valence-electron chi connectivity index (χ0n) is 13.6. The van der Waals surface area contributed by atoms with Gasteiger partial charge in [-0.25, -0.2) is 5.48 Å². The van der Waals surface area contributed by atoms with Gasteiger partial charge in [-0.15, -0.1) is 4.28 Å². The molecule has 0 atom stereocenters. The molecule has 8 heteroatoms. The van der Waals surface area contributed by atoms with Gasteiger partial charge in [0, 0.05) is 5.56 Å². The second kappa shape index (κ2) is 6.66. The van der Waals surface area contributed by atoms with Crippen molar-refractivity contribution in [2.45, 2.75) is 11.8 Å². The van der Waals surface area contributed by atoms with Crippen LogP contribution in [0.5, 0.6) is 11.5 Å². The Bertz CT molecular complexity index is 1110. The number of aromatic hydroxyl groups is 2. The zero-order valence-corrected chi connectivity index (χ0v) is 14.4. The summed E-state index contributed by atoms with van der Waals surface area (Å²) in [5.74, 6) is -1.37. The minimum absolute atomic E-state index is 0.208. The number of phenols is 2. The van der Waals surface area contributed by atoms with Gasteiger partial charge in [-0.1, -0.05) is 24.3 Å². The molecule has 7 nitrogen and oxygen atoms in total. The first-order valence-corrected chi connectivity index (χ1v) is 8.94. The Morgan fingerprint density at radius 2 is 1.62 bits per heavy atom. The molecule has 3 aromatic rings. The maximum atomic E-state index is 12.3. The van der Waals surface area contributed by atoms with Crippen LogP contribution in [0.25, 0.3) is 10.8 Å². The number of rotatable bonds is 4. The monoisotopic (exact) mass is 373 g/mol. The van der Waals surface area contributed by atoms with Crippen molar-refractivity contribution in [3.63, 3.8) is 0 Å². The van der Waals surface area contributed by atoms with Crippen molar-refractivity contribution in [2.24, 2.45) is 0 Å². The molecule has 0 radical (unpaired) electrons. The third-order valence-corrected chi connectivity index (χ3v) is 4.96. The SMILES string of the molecule is Cc1ccccc1C(=O)NOS(=O)(=O)c1ccc2cc(O)c(O)cc2c1. The lowest BCUT2D eigenvalue weighted by Crippen LogP contribution is -2.27. The smallest absolute Gasteiger partial charge is 0.317 e. The molecule has 3 aromatic carbocycles. The van der Waals surface area contributed by atoms with Gasteiger partial charge in [-0.3, -0.25) is 4.79 Å². The van der Waals surface area contributed by atoms with Crippen molar-refractivity contribution in [2.75, 3.05) is 0 Å². The van der Waals surface area contributed by atoms with E-state index < -0.39 is 16.0 Å². The highest BCUT2D eigenvalue weighted by molar-refractivity contribution is 7.86. The van der Waals surface area contributed by atoms with Crippen molar-refractivity contribution < 1.29 is 27.7 Å². The minimum Gasteiger partial charge on any atom is -0.504 e. The first-order valence-electron chi connectivity index (χ1n) is 7.53. The van der Waals surface area contributed by atoms with E-state index in [1.54, 1.807) is 31.2 Å². The van der Waals surface area contributed by atoms with Crippen LogP contribution in [0, 0.1) is 6.92 Å². The normalized spacial score (nSPS) is 11.4. The highest BCUT2D eigenvalue weighted by Crippen LogP contribution is 2.31. The standard InChI is InChI=1S/C18H15NO6S/c1-11-4-2-3-5-15(11)18(22)19-25-26(23,24)14-7-6-12-9-16(20)17(21)10-13(12)8-14/h2-10,20-21H,1H3,(H,19,22). The summed E-state index contributed by atoms with van der Waals surface area (Å²) < 4.78 is 29.2. The van der Waals surface area contributed by atoms with E-state index in [9.17, 15) is 23.4 Å². The molecule has 0 aliphatic heterocycles. The van der Waals surface area contributed by atoms with Crippen LogP contribution in [-0.2, 0) is 14.4 Å². The molecule has 0 saturated heterocycles. The second-order valence-corrected chi connectivity index (χ2v) is 7.18. The largest absolute Gasteiger partial charge is 0.504 e. The molecule has 0 unspecified atom stereocenters. The Morgan fingerprint density at radius 3 is 2.31 bits per heavy atom. The predicted molar refractivity (Wildman–Crippen MR) is 94.2 cm³/mol. The number of carbonyl (C=O) groups is 1. The van der Waals surface area contributed by atoms with Crippen LogP contribution in [0.3, 0.4) is 0 Å². The van der Waals surface area contributed by atoms with Gasteiger partial charge in [0.15, 0.2) is 11.5 Å². The summed E-state index contributed by atoms with van der Waals surface area (Å²) in [7, 11) is -4.27. The minimum atomic E-state index is -4.27. The summed E-state index contributed by atoms with van der Waals surface area (Å²) in [6, 6.07) is 13.2.